The van der Waals surface area contributed by atoms with Crippen molar-refractivity contribution in [1.82, 2.24) is 4.90 Å². The van der Waals surface area contributed by atoms with Gasteiger partial charge in [-0.25, -0.2) is 0 Å². The highest BCUT2D eigenvalue weighted by Crippen LogP contribution is 2.14. The number of methoxy groups -OCH3 is 1. The van der Waals surface area contributed by atoms with Gasteiger partial charge in [0.2, 0.25) is 5.91 Å². The topological polar surface area (TPSA) is 75.7 Å². The largest absolute Gasteiger partial charge is 0.469 e. The molecule has 1 aromatic carbocycles. The summed E-state index contributed by atoms with van der Waals surface area (Å²) in [5.41, 5.74) is 1.06. The zero-order chi connectivity index (χ0) is 17.2. The van der Waals surface area contributed by atoms with Crippen molar-refractivity contribution in [3.63, 3.8) is 0 Å². The second kappa shape index (κ2) is 9.61. The number of hydrogen-bond donors (Lipinski definition) is 1. The average molecular weight is 320 g/mol. The van der Waals surface area contributed by atoms with E-state index in [4.69, 9.17) is 0 Å². The Hall–Kier alpha value is -2.37. The maximum absolute atomic E-state index is 12.7. The Morgan fingerprint density at radius 1 is 1.22 bits per heavy atom. The lowest BCUT2D eigenvalue weighted by Gasteiger charge is -2.22. The highest BCUT2D eigenvalue weighted by Gasteiger charge is 2.17. The van der Waals surface area contributed by atoms with Gasteiger partial charge in [-0.05, 0) is 24.6 Å². The zero-order valence-corrected chi connectivity index (χ0v) is 13.9. The first-order chi connectivity index (χ1) is 11.0. The van der Waals surface area contributed by atoms with Crippen LogP contribution in [0.3, 0.4) is 0 Å². The normalized spacial score (nSPS) is 10.0. The van der Waals surface area contributed by atoms with Gasteiger partial charge in [-0.15, -0.1) is 0 Å². The fraction of sp³-hybridized carbons (Fsp3) is 0.471. The predicted molar refractivity (Wildman–Crippen MR) is 88.2 cm³/mol. The van der Waals surface area contributed by atoms with Gasteiger partial charge in [-0.2, -0.15) is 0 Å². The van der Waals surface area contributed by atoms with Crippen LogP contribution in [0.25, 0.3) is 0 Å². The van der Waals surface area contributed by atoms with Gasteiger partial charge >= 0.3 is 5.97 Å². The van der Waals surface area contributed by atoms with E-state index in [0.29, 0.717) is 24.3 Å². The van der Waals surface area contributed by atoms with Gasteiger partial charge in [-0.3, -0.25) is 14.4 Å². The summed E-state index contributed by atoms with van der Waals surface area (Å²) < 4.78 is 4.63. The molecule has 0 aromatic heterocycles. The number of nitrogens with zero attached hydrogens (tertiary/aromatic N) is 1. The van der Waals surface area contributed by atoms with Crippen LogP contribution in [0.15, 0.2) is 24.3 Å². The number of nitrogens with one attached hydrogen (secondary N) is 1. The first kappa shape index (κ1) is 18.7. The van der Waals surface area contributed by atoms with Crippen LogP contribution < -0.4 is 5.32 Å². The number of anilines is 1. The van der Waals surface area contributed by atoms with Crippen molar-refractivity contribution in [2.75, 3.05) is 25.5 Å². The molecule has 23 heavy (non-hydrogen) atoms. The molecule has 2 amide bonds. The molecule has 0 spiro atoms. The van der Waals surface area contributed by atoms with Crippen molar-refractivity contribution in [3.05, 3.63) is 29.8 Å². The van der Waals surface area contributed by atoms with Crippen molar-refractivity contribution < 1.29 is 19.1 Å². The van der Waals surface area contributed by atoms with Gasteiger partial charge in [0.05, 0.1) is 13.5 Å². The van der Waals surface area contributed by atoms with Gasteiger partial charge in [0.15, 0.2) is 0 Å². The summed E-state index contributed by atoms with van der Waals surface area (Å²) in [4.78, 5) is 36.7. The Morgan fingerprint density at radius 2 is 1.96 bits per heavy atom. The average Bonchev–Trinajstić information content (AvgIpc) is 2.53. The molecule has 126 valence electrons. The molecule has 1 N–H and O–H groups in total. The van der Waals surface area contributed by atoms with Crippen LogP contribution in [-0.4, -0.2) is 42.9 Å². The minimum Gasteiger partial charge on any atom is -0.469 e. The summed E-state index contributed by atoms with van der Waals surface area (Å²) in [6.07, 6.45) is 1.98. The van der Waals surface area contributed by atoms with Gasteiger partial charge in [0, 0.05) is 31.3 Å². The number of amides is 2. The molecule has 0 bridgehead atoms. The van der Waals surface area contributed by atoms with Crippen molar-refractivity contribution in [1.29, 1.82) is 0 Å². The monoisotopic (exact) mass is 320 g/mol. The van der Waals surface area contributed by atoms with E-state index in [9.17, 15) is 14.4 Å². The van der Waals surface area contributed by atoms with Crippen LogP contribution in [0, 0.1) is 0 Å². The summed E-state index contributed by atoms with van der Waals surface area (Å²) in [6, 6.07) is 6.78. The fourth-order valence-electron chi connectivity index (χ4n) is 2.11. The lowest BCUT2D eigenvalue weighted by Crippen LogP contribution is -2.34. The predicted octanol–water partition coefficient (Wildman–Crippen LogP) is 2.45. The molecule has 1 aromatic rings. The van der Waals surface area contributed by atoms with Gasteiger partial charge < -0.3 is 15.0 Å². The molecule has 0 saturated heterocycles. The molecule has 0 atom stereocenters. The van der Waals surface area contributed by atoms with Crippen LogP contribution in [0.2, 0.25) is 0 Å². The molecule has 0 aliphatic carbocycles. The number of carbonyl (C=O) groups is 3. The van der Waals surface area contributed by atoms with E-state index >= 15 is 0 Å². The Morgan fingerprint density at radius 3 is 2.57 bits per heavy atom. The highest BCUT2D eigenvalue weighted by atomic mass is 16.5. The lowest BCUT2D eigenvalue weighted by atomic mass is 10.1. The molecule has 0 unspecified atom stereocenters. The second-order valence-electron chi connectivity index (χ2n) is 5.23. The van der Waals surface area contributed by atoms with Crippen LogP contribution in [-0.2, 0) is 14.3 Å². The molecule has 0 fully saturated rings. The van der Waals surface area contributed by atoms with Crippen LogP contribution >= 0.6 is 0 Å². The van der Waals surface area contributed by atoms with Crippen LogP contribution in [0.5, 0.6) is 0 Å². The Bertz CT molecular complexity index is 557. The molecule has 0 radical (unpaired) electrons. The first-order valence-electron chi connectivity index (χ1n) is 7.71. The molecule has 0 aliphatic heterocycles. The lowest BCUT2D eigenvalue weighted by molar-refractivity contribution is -0.140. The van der Waals surface area contributed by atoms with E-state index in [-0.39, 0.29) is 24.2 Å². The van der Waals surface area contributed by atoms with E-state index < -0.39 is 0 Å². The number of carbonyl (C=O) groups excluding carboxylic acids is 3. The van der Waals surface area contributed by atoms with E-state index in [2.05, 4.69) is 10.1 Å². The molecular formula is C17H24N2O4. The van der Waals surface area contributed by atoms with Crippen molar-refractivity contribution in [2.45, 2.75) is 33.1 Å². The Labute approximate surface area is 136 Å². The Kier molecular flexibility index (Phi) is 7.80. The number of esters is 1. The summed E-state index contributed by atoms with van der Waals surface area (Å²) in [5, 5.41) is 2.66. The third-order valence-electron chi connectivity index (χ3n) is 3.31. The number of unbranched alkanes of at least 4 members (excludes halogenated alkanes) is 1. The smallest absolute Gasteiger partial charge is 0.307 e. The summed E-state index contributed by atoms with van der Waals surface area (Å²) >= 11 is 0. The fourth-order valence-corrected chi connectivity index (χ4v) is 2.11. The molecule has 0 aliphatic rings. The second-order valence-corrected chi connectivity index (χ2v) is 5.23. The van der Waals surface area contributed by atoms with Gasteiger partial charge in [0.1, 0.15) is 0 Å². The van der Waals surface area contributed by atoms with Crippen LogP contribution in [0.4, 0.5) is 5.69 Å². The summed E-state index contributed by atoms with van der Waals surface area (Å²) in [6.45, 7) is 4.35. The molecule has 0 saturated carbocycles. The van der Waals surface area contributed by atoms with E-state index in [0.717, 1.165) is 12.8 Å². The van der Waals surface area contributed by atoms with E-state index in [1.165, 1.54) is 14.0 Å². The third-order valence-corrected chi connectivity index (χ3v) is 3.31. The molecule has 6 heteroatoms. The van der Waals surface area contributed by atoms with Gasteiger partial charge in [0.25, 0.3) is 5.91 Å². The number of benzene rings is 1. The van der Waals surface area contributed by atoms with Crippen molar-refractivity contribution in [3.8, 4) is 0 Å². The standard InChI is InChI=1S/C17H24N2O4/c1-4-5-10-19(11-9-16(21)23-3)17(22)14-7-6-8-15(12-14)18-13(2)20/h6-8,12H,4-5,9-11H2,1-3H3,(H,18,20). The molecular weight excluding hydrogens is 296 g/mol. The summed E-state index contributed by atoms with van der Waals surface area (Å²) in [7, 11) is 1.33. The maximum Gasteiger partial charge on any atom is 0.307 e. The summed E-state index contributed by atoms with van der Waals surface area (Å²) in [5.74, 6) is -0.691. The molecule has 1 rings (SSSR count). The molecule has 6 nitrogen and oxygen atoms in total. The maximum atomic E-state index is 12.7. The number of hydrogen-bond acceptors (Lipinski definition) is 4. The molecule has 0 heterocycles. The van der Waals surface area contributed by atoms with Gasteiger partial charge in [-0.1, -0.05) is 19.4 Å². The van der Waals surface area contributed by atoms with Crippen molar-refractivity contribution >= 4 is 23.5 Å². The third kappa shape index (κ3) is 6.50. The quantitative estimate of drug-likeness (QED) is 0.747. The first-order valence-corrected chi connectivity index (χ1v) is 7.71. The SMILES string of the molecule is CCCCN(CCC(=O)OC)C(=O)c1cccc(NC(C)=O)c1. The minimum atomic E-state index is -0.341. The van der Waals surface area contributed by atoms with Crippen LogP contribution in [0.1, 0.15) is 43.5 Å². The number of rotatable bonds is 8. The van der Waals surface area contributed by atoms with Crippen molar-refractivity contribution in [2.24, 2.45) is 0 Å². The zero-order valence-electron chi connectivity index (χ0n) is 13.9. The highest BCUT2D eigenvalue weighted by molar-refractivity contribution is 5.97. The Balaban J connectivity index is 2.85. The van der Waals surface area contributed by atoms with E-state index in [1.807, 2.05) is 6.92 Å². The number of ether oxygens (including phenoxy) is 1. The van der Waals surface area contributed by atoms with E-state index in [1.54, 1.807) is 29.2 Å². The minimum absolute atomic E-state index is 0.158.